The summed E-state index contributed by atoms with van der Waals surface area (Å²) in [6.45, 7) is 1.28. The van der Waals surface area contributed by atoms with Crippen molar-refractivity contribution in [1.29, 1.82) is 0 Å². The van der Waals surface area contributed by atoms with E-state index in [-0.39, 0.29) is 10.8 Å². The van der Waals surface area contributed by atoms with Crippen LogP contribution in [-0.4, -0.2) is 44.2 Å². The van der Waals surface area contributed by atoms with E-state index >= 15 is 0 Å². The minimum atomic E-state index is -3.47. The lowest BCUT2D eigenvalue weighted by atomic mass is 9.97. The van der Waals surface area contributed by atoms with Crippen LogP contribution in [0, 0.1) is 5.92 Å². The Kier molecular flexibility index (Phi) is 4.61. The maximum absolute atomic E-state index is 12.0. The number of carbonyl (C=O) groups is 1. The van der Waals surface area contributed by atoms with Crippen LogP contribution >= 0.6 is 0 Å². The molecule has 2 N–H and O–H groups in total. The quantitative estimate of drug-likeness (QED) is 0.878. The zero-order valence-corrected chi connectivity index (χ0v) is 11.8. The van der Waals surface area contributed by atoms with E-state index in [1.165, 1.54) is 4.90 Å². The van der Waals surface area contributed by atoms with E-state index in [0.29, 0.717) is 32.5 Å². The summed E-state index contributed by atoms with van der Waals surface area (Å²) in [5.41, 5.74) is 0. The molecule has 0 radical (unpaired) electrons. The lowest BCUT2D eigenvalue weighted by molar-refractivity contribution is 0.125. The maximum atomic E-state index is 12.0. The zero-order valence-electron chi connectivity index (χ0n) is 11.0. The number of amides is 1. The van der Waals surface area contributed by atoms with E-state index in [9.17, 15) is 13.2 Å². The molecular weight excluding hydrogens is 280 g/mol. The smallest absolute Gasteiger partial charge is 0.407 e. The highest BCUT2D eigenvalue weighted by molar-refractivity contribution is 7.89. The molecule has 0 atom stereocenters. The van der Waals surface area contributed by atoms with Gasteiger partial charge >= 0.3 is 6.09 Å². The van der Waals surface area contributed by atoms with Gasteiger partial charge in [0.25, 0.3) is 0 Å². The molecule has 1 saturated heterocycles. The van der Waals surface area contributed by atoms with E-state index in [1.54, 1.807) is 30.3 Å². The Labute approximate surface area is 118 Å². The summed E-state index contributed by atoms with van der Waals surface area (Å²) in [4.78, 5) is 12.4. The molecule has 1 aliphatic rings. The van der Waals surface area contributed by atoms with E-state index in [2.05, 4.69) is 4.72 Å². The first-order valence-electron chi connectivity index (χ1n) is 6.51. The molecule has 1 aromatic rings. The van der Waals surface area contributed by atoms with Crippen LogP contribution in [0.4, 0.5) is 4.79 Å². The minimum Gasteiger partial charge on any atom is -0.465 e. The lowest BCUT2D eigenvalue weighted by Crippen LogP contribution is -2.40. The first-order valence-corrected chi connectivity index (χ1v) is 8.00. The van der Waals surface area contributed by atoms with Crippen LogP contribution in [0.25, 0.3) is 0 Å². The number of hydrogen-bond acceptors (Lipinski definition) is 3. The number of likely N-dealkylation sites (tertiary alicyclic amines) is 1. The Balaban J connectivity index is 1.86. The van der Waals surface area contributed by atoms with Crippen molar-refractivity contribution >= 4 is 16.1 Å². The molecule has 1 heterocycles. The van der Waals surface area contributed by atoms with Crippen molar-refractivity contribution in [2.24, 2.45) is 5.92 Å². The second kappa shape index (κ2) is 6.23. The van der Waals surface area contributed by atoms with Crippen molar-refractivity contribution in [3.05, 3.63) is 30.3 Å². The standard InChI is InChI=1S/C13H18N2O4S/c16-13(17)15-8-6-11(7-9-15)10-14-20(18,19)12-4-2-1-3-5-12/h1-5,11,14H,6-10H2,(H,16,17). The van der Waals surface area contributed by atoms with Crippen molar-refractivity contribution in [1.82, 2.24) is 9.62 Å². The largest absolute Gasteiger partial charge is 0.465 e. The fourth-order valence-corrected chi connectivity index (χ4v) is 3.38. The van der Waals surface area contributed by atoms with Gasteiger partial charge in [-0.15, -0.1) is 0 Å². The number of rotatable bonds is 4. The third-order valence-electron chi connectivity index (χ3n) is 3.50. The monoisotopic (exact) mass is 298 g/mol. The molecule has 1 aromatic carbocycles. The highest BCUT2D eigenvalue weighted by atomic mass is 32.2. The predicted octanol–water partition coefficient (Wildman–Crippen LogP) is 1.35. The van der Waals surface area contributed by atoms with Gasteiger partial charge in [0.1, 0.15) is 0 Å². The van der Waals surface area contributed by atoms with Crippen LogP contribution in [0.2, 0.25) is 0 Å². The van der Waals surface area contributed by atoms with Crippen LogP contribution in [0.3, 0.4) is 0 Å². The zero-order chi connectivity index (χ0) is 14.6. The van der Waals surface area contributed by atoms with Gasteiger partial charge < -0.3 is 10.0 Å². The average molecular weight is 298 g/mol. The lowest BCUT2D eigenvalue weighted by Gasteiger charge is -2.29. The predicted molar refractivity (Wildman–Crippen MR) is 74.0 cm³/mol. The minimum absolute atomic E-state index is 0.184. The summed E-state index contributed by atoms with van der Waals surface area (Å²) in [5.74, 6) is 0.184. The van der Waals surface area contributed by atoms with Crippen molar-refractivity contribution in [2.75, 3.05) is 19.6 Å². The van der Waals surface area contributed by atoms with Crippen LogP contribution in [0.1, 0.15) is 12.8 Å². The van der Waals surface area contributed by atoms with Gasteiger partial charge in [0.15, 0.2) is 0 Å². The van der Waals surface area contributed by atoms with Gasteiger partial charge in [-0.2, -0.15) is 0 Å². The SMILES string of the molecule is O=C(O)N1CCC(CNS(=O)(=O)c2ccccc2)CC1. The first-order chi connectivity index (χ1) is 9.49. The molecule has 7 heteroatoms. The molecule has 2 rings (SSSR count). The number of carboxylic acid groups (broad SMARTS) is 1. The van der Waals surface area contributed by atoms with Gasteiger partial charge in [-0.1, -0.05) is 18.2 Å². The van der Waals surface area contributed by atoms with Crippen molar-refractivity contribution in [2.45, 2.75) is 17.7 Å². The molecule has 110 valence electrons. The van der Waals surface area contributed by atoms with E-state index in [4.69, 9.17) is 5.11 Å². The molecule has 0 spiro atoms. The Morgan fingerprint density at radius 3 is 2.40 bits per heavy atom. The number of piperidine rings is 1. The normalized spacial score (nSPS) is 17.1. The van der Waals surface area contributed by atoms with Crippen molar-refractivity contribution < 1.29 is 18.3 Å². The molecule has 0 aromatic heterocycles. The molecule has 6 nitrogen and oxygen atoms in total. The first kappa shape index (κ1) is 14.8. The second-order valence-electron chi connectivity index (χ2n) is 4.88. The number of nitrogens with zero attached hydrogens (tertiary/aromatic N) is 1. The third-order valence-corrected chi connectivity index (χ3v) is 4.94. The van der Waals surface area contributed by atoms with E-state index in [1.807, 2.05) is 0 Å². The number of sulfonamides is 1. The van der Waals surface area contributed by atoms with Crippen LogP contribution < -0.4 is 4.72 Å². The van der Waals surface area contributed by atoms with Gasteiger partial charge in [-0.05, 0) is 30.9 Å². The molecule has 0 unspecified atom stereocenters. The van der Waals surface area contributed by atoms with Crippen molar-refractivity contribution in [3.8, 4) is 0 Å². The molecule has 1 fully saturated rings. The summed E-state index contributed by atoms with van der Waals surface area (Å²) in [7, 11) is -3.47. The molecule has 0 bridgehead atoms. The number of nitrogens with one attached hydrogen (secondary N) is 1. The maximum Gasteiger partial charge on any atom is 0.407 e. The highest BCUT2D eigenvalue weighted by Crippen LogP contribution is 2.17. The fraction of sp³-hybridized carbons (Fsp3) is 0.462. The molecule has 1 amide bonds. The third kappa shape index (κ3) is 3.71. The van der Waals surface area contributed by atoms with Gasteiger partial charge in [-0.3, -0.25) is 0 Å². The Morgan fingerprint density at radius 2 is 1.85 bits per heavy atom. The van der Waals surface area contributed by atoms with Gasteiger partial charge in [0, 0.05) is 19.6 Å². The van der Waals surface area contributed by atoms with E-state index < -0.39 is 16.1 Å². The molecule has 20 heavy (non-hydrogen) atoms. The van der Waals surface area contributed by atoms with Gasteiger partial charge in [0.05, 0.1) is 4.90 Å². The Bertz CT molecular complexity index is 551. The van der Waals surface area contributed by atoms with Crippen molar-refractivity contribution in [3.63, 3.8) is 0 Å². The van der Waals surface area contributed by atoms with Gasteiger partial charge in [-0.25, -0.2) is 17.9 Å². The van der Waals surface area contributed by atoms with Crippen LogP contribution in [0.15, 0.2) is 35.2 Å². The molecule has 0 aliphatic carbocycles. The molecule has 1 aliphatic heterocycles. The summed E-state index contributed by atoms with van der Waals surface area (Å²) in [6, 6.07) is 8.23. The second-order valence-corrected chi connectivity index (χ2v) is 6.64. The van der Waals surface area contributed by atoms with Crippen LogP contribution in [0.5, 0.6) is 0 Å². The highest BCUT2D eigenvalue weighted by Gasteiger charge is 2.23. The summed E-state index contributed by atoms with van der Waals surface area (Å²) in [5, 5.41) is 8.85. The Hall–Kier alpha value is -1.60. The molecular formula is C13H18N2O4S. The fourth-order valence-electron chi connectivity index (χ4n) is 2.24. The number of hydrogen-bond donors (Lipinski definition) is 2. The average Bonchev–Trinajstić information content (AvgIpc) is 2.46. The summed E-state index contributed by atoms with van der Waals surface area (Å²) < 4.78 is 26.7. The van der Waals surface area contributed by atoms with Gasteiger partial charge in [0.2, 0.25) is 10.0 Å². The Morgan fingerprint density at radius 1 is 1.25 bits per heavy atom. The number of benzene rings is 1. The topological polar surface area (TPSA) is 86.7 Å². The van der Waals surface area contributed by atoms with Crippen LogP contribution in [-0.2, 0) is 10.0 Å². The summed E-state index contributed by atoms with van der Waals surface area (Å²) >= 11 is 0. The summed E-state index contributed by atoms with van der Waals surface area (Å²) in [6.07, 6.45) is 0.459. The molecule has 0 saturated carbocycles. The van der Waals surface area contributed by atoms with E-state index in [0.717, 1.165) is 0 Å².